The van der Waals surface area contributed by atoms with E-state index in [2.05, 4.69) is 49.9 Å². The fraction of sp³-hybridized carbons (Fsp3) is 0.611. The van der Waals surface area contributed by atoms with Crippen LogP contribution in [0.5, 0.6) is 0 Å². The number of carboxylic acid groups (broad SMARTS) is 1. The Kier molecular flexibility index (Phi) is 5.40. The number of benzene rings is 1. The molecule has 0 bridgehead atoms. The third kappa shape index (κ3) is 5.16. The number of carbonyl (C=O) groups is 1. The van der Waals surface area contributed by atoms with Crippen LogP contribution in [0.1, 0.15) is 50.8 Å². The second-order valence-electron chi connectivity index (χ2n) is 6.78. The lowest BCUT2D eigenvalue weighted by Crippen LogP contribution is -2.34. The van der Waals surface area contributed by atoms with Gasteiger partial charge in [0.2, 0.25) is 0 Å². The van der Waals surface area contributed by atoms with E-state index in [0.29, 0.717) is 11.8 Å². The molecule has 1 unspecified atom stereocenters. The van der Waals surface area contributed by atoms with Crippen LogP contribution in [0.2, 0.25) is 0 Å². The maximum atomic E-state index is 11.1. The van der Waals surface area contributed by atoms with Gasteiger partial charge in [-0.15, -0.1) is 0 Å². The van der Waals surface area contributed by atoms with Gasteiger partial charge in [-0.05, 0) is 49.1 Å². The highest BCUT2D eigenvalue weighted by molar-refractivity contribution is 5.69. The van der Waals surface area contributed by atoms with E-state index in [1.807, 2.05) is 0 Å². The fourth-order valence-electron chi connectivity index (χ4n) is 2.78. The monoisotopic (exact) mass is 289 g/mol. The Morgan fingerprint density at radius 3 is 2.33 bits per heavy atom. The lowest BCUT2D eigenvalue weighted by molar-refractivity contribution is -0.139. The summed E-state index contributed by atoms with van der Waals surface area (Å²) >= 11 is 0. The maximum absolute atomic E-state index is 11.1. The van der Waals surface area contributed by atoms with Gasteiger partial charge in [0.05, 0.1) is 6.54 Å². The van der Waals surface area contributed by atoms with Gasteiger partial charge in [0.25, 0.3) is 0 Å². The highest BCUT2D eigenvalue weighted by atomic mass is 16.4. The zero-order valence-corrected chi connectivity index (χ0v) is 13.4. The third-order valence-electron chi connectivity index (χ3n) is 4.18. The molecule has 1 fully saturated rings. The average Bonchev–Trinajstić information content (AvgIpc) is 3.21. The smallest absolute Gasteiger partial charge is 0.317 e. The SMILES string of the molecule is CC(C)Cc1ccc(C(C)N(CC(=O)O)CC2CC2)cc1. The van der Waals surface area contributed by atoms with Crippen molar-refractivity contribution in [3.63, 3.8) is 0 Å². The van der Waals surface area contributed by atoms with Crippen molar-refractivity contribution in [2.45, 2.75) is 46.1 Å². The quantitative estimate of drug-likeness (QED) is 0.792. The second kappa shape index (κ2) is 7.08. The van der Waals surface area contributed by atoms with Gasteiger partial charge < -0.3 is 5.11 Å². The topological polar surface area (TPSA) is 40.5 Å². The van der Waals surface area contributed by atoms with Crippen LogP contribution >= 0.6 is 0 Å². The molecule has 116 valence electrons. The zero-order chi connectivity index (χ0) is 15.4. The number of hydrogen-bond donors (Lipinski definition) is 1. The summed E-state index contributed by atoms with van der Waals surface area (Å²) in [5, 5.41) is 9.11. The van der Waals surface area contributed by atoms with E-state index >= 15 is 0 Å². The van der Waals surface area contributed by atoms with Gasteiger partial charge in [0, 0.05) is 12.6 Å². The van der Waals surface area contributed by atoms with Crippen molar-refractivity contribution in [3.05, 3.63) is 35.4 Å². The van der Waals surface area contributed by atoms with Gasteiger partial charge in [-0.25, -0.2) is 0 Å². The van der Waals surface area contributed by atoms with Crippen molar-refractivity contribution in [2.75, 3.05) is 13.1 Å². The molecule has 1 aliphatic rings. The van der Waals surface area contributed by atoms with Gasteiger partial charge in [0.1, 0.15) is 0 Å². The van der Waals surface area contributed by atoms with E-state index in [0.717, 1.165) is 13.0 Å². The van der Waals surface area contributed by atoms with Crippen molar-refractivity contribution < 1.29 is 9.90 Å². The molecular weight excluding hydrogens is 262 g/mol. The molecule has 21 heavy (non-hydrogen) atoms. The Hall–Kier alpha value is -1.35. The molecule has 1 saturated carbocycles. The summed E-state index contributed by atoms with van der Waals surface area (Å²) in [6.07, 6.45) is 3.59. The molecule has 3 heteroatoms. The highest BCUT2D eigenvalue weighted by Crippen LogP contribution is 2.32. The number of aliphatic carboxylic acids is 1. The van der Waals surface area contributed by atoms with Crippen LogP contribution in [0, 0.1) is 11.8 Å². The molecule has 0 radical (unpaired) electrons. The molecule has 0 spiro atoms. The first-order valence-corrected chi connectivity index (χ1v) is 8.00. The van der Waals surface area contributed by atoms with Crippen LogP contribution in [0.15, 0.2) is 24.3 Å². The number of nitrogens with zero attached hydrogens (tertiary/aromatic N) is 1. The van der Waals surface area contributed by atoms with Gasteiger partial charge in [-0.3, -0.25) is 9.69 Å². The van der Waals surface area contributed by atoms with E-state index in [1.54, 1.807) is 0 Å². The van der Waals surface area contributed by atoms with Crippen molar-refractivity contribution in [1.29, 1.82) is 0 Å². The Bertz CT molecular complexity index is 463. The molecule has 0 amide bonds. The van der Waals surface area contributed by atoms with Gasteiger partial charge >= 0.3 is 5.97 Å². The number of carboxylic acids is 1. The predicted molar refractivity (Wildman–Crippen MR) is 85.3 cm³/mol. The lowest BCUT2D eigenvalue weighted by Gasteiger charge is -2.28. The summed E-state index contributed by atoms with van der Waals surface area (Å²) in [6, 6.07) is 8.84. The van der Waals surface area contributed by atoms with Gasteiger partial charge in [0.15, 0.2) is 0 Å². The molecule has 0 heterocycles. The van der Waals surface area contributed by atoms with E-state index in [4.69, 9.17) is 5.11 Å². The molecule has 1 aromatic rings. The Morgan fingerprint density at radius 1 is 1.24 bits per heavy atom. The first kappa shape index (κ1) is 16.0. The Balaban J connectivity index is 2.03. The van der Waals surface area contributed by atoms with Crippen molar-refractivity contribution in [1.82, 2.24) is 4.90 Å². The van der Waals surface area contributed by atoms with E-state index in [1.165, 1.54) is 24.0 Å². The van der Waals surface area contributed by atoms with Crippen LogP contribution in [0.3, 0.4) is 0 Å². The van der Waals surface area contributed by atoms with Gasteiger partial charge in [-0.2, -0.15) is 0 Å². The fourth-order valence-corrected chi connectivity index (χ4v) is 2.78. The predicted octanol–water partition coefficient (Wildman–Crippen LogP) is 3.74. The van der Waals surface area contributed by atoms with Crippen LogP contribution in [0.25, 0.3) is 0 Å². The molecule has 0 saturated heterocycles. The molecule has 1 aliphatic carbocycles. The summed E-state index contributed by atoms with van der Waals surface area (Å²) in [6.45, 7) is 7.59. The molecule has 1 N–H and O–H groups in total. The summed E-state index contributed by atoms with van der Waals surface area (Å²) in [7, 11) is 0. The molecule has 0 aromatic heterocycles. The standard InChI is InChI=1S/C18H27NO2/c1-13(2)10-15-6-8-17(9-7-15)14(3)19(12-18(20)21)11-16-4-5-16/h6-9,13-14,16H,4-5,10-12H2,1-3H3,(H,20,21). The summed E-state index contributed by atoms with van der Waals surface area (Å²) in [4.78, 5) is 13.2. The molecule has 0 aliphatic heterocycles. The molecule has 1 aromatic carbocycles. The summed E-state index contributed by atoms with van der Waals surface area (Å²) in [5.74, 6) is 0.623. The largest absolute Gasteiger partial charge is 0.480 e. The first-order chi connectivity index (χ1) is 9.95. The number of rotatable bonds is 8. The van der Waals surface area contributed by atoms with Crippen molar-refractivity contribution in [3.8, 4) is 0 Å². The zero-order valence-electron chi connectivity index (χ0n) is 13.4. The van der Waals surface area contributed by atoms with Crippen LogP contribution in [0.4, 0.5) is 0 Å². The van der Waals surface area contributed by atoms with Gasteiger partial charge in [-0.1, -0.05) is 38.1 Å². The average molecular weight is 289 g/mol. The van der Waals surface area contributed by atoms with Crippen molar-refractivity contribution >= 4 is 5.97 Å². The minimum Gasteiger partial charge on any atom is -0.480 e. The molecule has 1 atom stereocenters. The van der Waals surface area contributed by atoms with E-state index < -0.39 is 5.97 Å². The second-order valence-corrected chi connectivity index (χ2v) is 6.78. The van der Waals surface area contributed by atoms with E-state index in [-0.39, 0.29) is 12.6 Å². The Morgan fingerprint density at radius 2 is 1.86 bits per heavy atom. The summed E-state index contributed by atoms with van der Waals surface area (Å²) in [5.41, 5.74) is 2.57. The third-order valence-corrected chi connectivity index (χ3v) is 4.18. The highest BCUT2D eigenvalue weighted by Gasteiger charge is 2.28. The summed E-state index contributed by atoms with van der Waals surface area (Å²) < 4.78 is 0. The minimum atomic E-state index is -0.737. The lowest BCUT2D eigenvalue weighted by atomic mass is 9.99. The maximum Gasteiger partial charge on any atom is 0.317 e. The molecular formula is C18H27NO2. The number of hydrogen-bond acceptors (Lipinski definition) is 2. The minimum absolute atomic E-state index is 0.130. The molecule has 2 rings (SSSR count). The Labute approximate surface area is 128 Å². The molecule has 3 nitrogen and oxygen atoms in total. The van der Waals surface area contributed by atoms with Crippen LogP contribution in [-0.4, -0.2) is 29.1 Å². The first-order valence-electron chi connectivity index (χ1n) is 8.00. The van der Waals surface area contributed by atoms with Crippen LogP contribution in [-0.2, 0) is 11.2 Å². The van der Waals surface area contributed by atoms with E-state index in [9.17, 15) is 4.79 Å². The van der Waals surface area contributed by atoms with Crippen molar-refractivity contribution in [2.24, 2.45) is 11.8 Å². The normalized spacial score (nSPS) is 16.4. The van der Waals surface area contributed by atoms with Crippen LogP contribution < -0.4 is 0 Å².